The van der Waals surface area contributed by atoms with E-state index >= 15 is 0 Å². The van der Waals surface area contributed by atoms with Crippen LogP contribution in [0.25, 0.3) is 0 Å². The Kier molecular flexibility index (Phi) is 3.87. The molecule has 6 nitrogen and oxygen atoms in total. The zero-order valence-electron chi connectivity index (χ0n) is 11.1. The van der Waals surface area contributed by atoms with E-state index in [0.717, 1.165) is 13.1 Å². The summed E-state index contributed by atoms with van der Waals surface area (Å²) in [4.78, 5) is 16.8. The van der Waals surface area contributed by atoms with Crippen LogP contribution in [0, 0.1) is 0 Å². The summed E-state index contributed by atoms with van der Waals surface area (Å²) in [6.45, 7) is 6.10. The summed E-state index contributed by atoms with van der Waals surface area (Å²) in [7, 11) is 3.65. The molecule has 1 saturated heterocycles. The normalized spacial score (nSPS) is 25.3. The molecule has 1 aliphatic heterocycles. The molecule has 2 atom stereocenters. The van der Waals surface area contributed by atoms with Gasteiger partial charge < -0.3 is 9.64 Å². The number of hydrogen-bond acceptors (Lipinski definition) is 6. The van der Waals surface area contributed by atoms with E-state index in [4.69, 9.17) is 16.3 Å². The molecule has 0 N–H and O–H groups in total. The second-order valence-electron chi connectivity index (χ2n) is 4.66. The van der Waals surface area contributed by atoms with E-state index < -0.39 is 0 Å². The minimum atomic E-state index is 0.163. The molecule has 18 heavy (non-hydrogen) atoms. The molecule has 0 bridgehead atoms. The highest BCUT2D eigenvalue weighted by Gasteiger charge is 2.28. The predicted octanol–water partition coefficient (Wildman–Crippen LogP) is 1.06. The van der Waals surface area contributed by atoms with E-state index in [2.05, 4.69) is 45.6 Å². The number of hydrogen-bond donors (Lipinski definition) is 0. The summed E-state index contributed by atoms with van der Waals surface area (Å²) in [5.74, 6) is 0.582. The third kappa shape index (κ3) is 2.64. The summed E-state index contributed by atoms with van der Waals surface area (Å²) < 4.78 is 5.02. The van der Waals surface area contributed by atoms with Gasteiger partial charge in [0.2, 0.25) is 11.2 Å². The lowest BCUT2D eigenvalue weighted by atomic mass is 10.1. The van der Waals surface area contributed by atoms with Crippen LogP contribution < -0.4 is 9.64 Å². The maximum Gasteiger partial charge on any atom is 0.322 e. The molecule has 1 aliphatic rings. The second-order valence-corrected chi connectivity index (χ2v) is 5.00. The van der Waals surface area contributed by atoms with Gasteiger partial charge in [-0.2, -0.15) is 15.0 Å². The van der Waals surface area contributed by atoms with Crippen molar-refractivity contribution in [1.29, 1.82) is 0 Å². The standard InChI is InChI=1S/C11H18ClN5O/c1-7-5-17(6-8(2)16(7)3)10-13-9(12)14-11(15-10)18-4/h7-8H,5-6H2,1-4H3. The maximum absolute atomic E-state index is 5.87. The number of nitrogens with zero attached hydrogens (tertiary/aromatic N) is 5. The van der Waals surface area contributed by atoms with Crippen LogP contribution in [0.2, 0.25) is 5.28 Å². The highest BCUT2D eigenvalue weighted by atomic mass is 35.5. The number of halogens is 1. The Morgan fingerprint density at radius 3 is 2.33 bits per heavy atom. The molecule has 1 fully saturated rings. The molecular formula is C11H18ClN5O. The fourth-order valence-electron chi connectivity index (χ4n) is 2.12. The van der Waals surface area contributed by atoms with Crippen molar-refractivity contribution in [2.45, 2.75) is 25.9 Å². The number of rotatable bonds is 2. The first kappa shape index (κ1) is 13.3. The number of anilines is 1. The predicted molar refractivity (Wildman–Crippen MR) is 70.3 cm³/mol. The van der Waals surface area contributed by atoms with Crippen LogP contribution in [0.4, 0.5) is 5.95 Å². The van der Waals surface area contributed by atoms with E-state index in [1.54, 1.807) is 0 Å². The van der Waals surface area contributed by atoms with Crippen LogP contribution in [0.5, 0.6) is 6.01 Å². The fourth-order valence-corrected chi connectivity index (χ4v) is 2.27. The zero-order chi connectivity index (χ0) is 13.3. The van der Waals surface area contributed by atoms with Crippen molar-refractivity contribution in [2.75, 3.05) is 32.1 Å². The third-order valence-electron chi connectivity index (χ3n) is 3.40. The first-order valence-electron chi connectivity index (χ1n) is 5.93. The van der Waals surface area contributed by atoms with Crippen molar-refractivity contribution in [3.05, 3.63) is 5.28 Å². The Labute approximate surface area is 112 Å². The second kappa shape index (κ2) is 5.24. The zero-order valence-corrected chi connectivity index (χ0v) is 11.8. The molecular weight excluding hydrogens is 254 g/mol. The summed E-state index contributed by atoms with van der Waals surface area (Å²) in [5.41, 5.74) is 0. The van der Waals surface area contributed by atoms with E-state index in [0.29, 0.717) is 18.0 Å². The molecule has 2 unspecified atom stereocenters. The molecule has 0 radical (unpaired) electrons. The molecule has 0 amide bonds. The van der Waals surface area contributed by atoms with Crippen molar-refractivity contribution >= 4 is 17.5 Å². The molecule has 2 heterocycles. The van der Waals surface area contributed by atoms with Crippen LogP contribution in [0.1, 0.15) is 13.8 Å². The van der Waals surface area contributed by atoms with Gasteiger partial charge in [-0.3, -0.25) is 4.90 Å². The van der Waals surface area contributed by atoms with Crippen LogP contribution >= 0.6 is 11.6 Å². The molecule has 0 aromatic carbocycles. The van der Waals surface area contributed by atoms with Crippen LogP contribution in [0.15, 0.2) is 0 Å². The molecule has 1 aromatic heterocycles. The smallest absolute Gasteiger partial charge is 0.322 e. The molecule has 0 aliphatic carbocycles. The lowest BCUT2D eigenvalue weighted by molar-refractivity contribution is 0.169. The number of likely N-dealkylation sites (N-methyl/N-ethyl adjacent to an activating group) is 1. The molecule has 0 saturated carbocycles. The largest absolute Gasteiger partial charge is 0.467 e. The Hall–Kier alpha value is -1.14. The molecule has 7 heteroatoms. The van der Waals surface area contributed by atoms with E-state index in [1.807, 2.05) is 0 Å². The van der Waals surface area contributed by atoms with Gasteiger partial charge in [0.05, 0.1) is 7.11 Å². The minimum Gasteiger partial charge on any atom is -0.467 e. The SMILES string of the molecule is COc1nc(Cl)nc(N2CC(C)N(C)C(C)C2)n1. The average molecular weight is 272 g/mol. The Bertz CT molecular complexity index is 418. The summed E-state index contributed by atoms with van der Waals surface area (Å²) in [5, 5.41) is 0.163. The Morgan fingerprint density at radius 2 is 1.78 bits per heavy atom. The number of aromatic nitrogens is 3. The number of piperazine rings is 1. The monoisotopic (exact) mass is 271 g/mol. The van der Waals surface area contributed by atoms with Crippen molar-refractivity contribution in [1.82, 2.24) is 19.9 Å². The fraction of sp³-hybridized carbons (Fsp3) is 0.727. The lowest BCUT2D eigenvalue weighted by Crippen LogP contribution is -2.55. The van der Waals surface area contributed by atoms with Crippen molar-refractivity contribution < 1.29 is 4.74 Å². The quantitative estimate of drug-likeness (QED) is 0.802. The van der Waals surface area contributed by atoms with Gasteiger partial charge >= 0.3 is 6.01 Å². The van der Waals surface area contributed by atoms with E-state index in [-0.39, 0.29) is 11.3 Å². The summed E-state index contributed by atoms with van der Waals surface area (Å²) in [6, 6.07) is 1.13. The van der Waals surface area contributed by atoms with Gasteiger partial charge in [0.15, 0.2) is 0 Å². The van der Waals surface area contributed by atoms with Crippen LogP contribution in [-0.2, 0) is 0 Å². The van der Waals surface area contributed by atoms with Crippen molar-refractivity contribution in [3.63, 3.8) is 0 Å². The summed E-state index contributed by atoms with van der Waals surface area (Å²) >= 11 is 5.87. The van der Waals surface area contributed by atoms with Gasteiger partial charge in [-0.05, 0) is 32.5 Å². The van der Waals surface area contributed by atoms with Gasteiger partial charge in [0.1, 0.15) is 0 Å². The topological polar surface area (TPSA) is 54.4 Å². The Morgan fingerprint density at radius 1 is 1.17 bits per heavy atom. The Balaban J connectivity index is 2.23. The number of methoxy groups -OCH3 is 1. The van der Waals surface area contributed by atoms with Crippen LogP contribution in [0.3, 0.4) is 0 Å². The van der Waals surface area contributed by atoms with Crippen molar-refractivity contribution in [3.8, 4) is 6.01 Å². The van der Waals surface area contributed by atoms with Gasteiger partial charge in [-0.15, -0.1) is 0 Å². The van der Waals surface area contributed by atoms with Crippen molar-refractivity contribution in [2.24, 2.45) is 0 Å². The molecule has 2 rings (SSSR count). The minimum absolute atomic E-state index is 0.163. The first-order valence-corrected chi connectivity index (χ1v) is 6.31. The molecule has 0 spiro atoms. The third-order valence-corrected chi connectivity index (χ3v) is 3.57. The highest BCUT2D eigenvalue weighted by Crippen LogP contribution is 2.20. The van der Waals surface area contributed by atoms with Crippen LogP contribution in [-0.4, -0.2) is 59.2 Å². The number of ether oxygens (including phenoxy) is 1. The molecule has 100 valence electrons. The van der Waals surface area contributed by atoms with Gasteiger partial charge in [0.25, 0.3) is 0 Å². The first-order chi connectivity index (χ1) is 8.51. The average Bonchev–Trinajstić information content (AvgIpc) is 2.34. The van der Waals surface area contributed by atoms with E-state index in [1.165, 1.54) is 7.11 Å². The van der Waals surface area contributed by atoms with Gasteiger partial charge in [-0.25, -0.2) is 0 Å². The lowest BCUT2D eigenvalue weighted by Gasteiger charge is -2.42. The highest BCUT2D eigenvalue weighted by molar-refractivity contribution is 6.28. The van der Waals surface area contributed by atoms with Gasteiger partial charge in [-0.1, -0.05) is 0 Å². The summed E-state index contributed by atoms with van der Waals surface area (Å²) in [6.07, 6.45) is 0. The molecule has 1 aromatic rings. The van der Waals surface area contributed by atoms with Gasteiger partial charge in [0, 0.05) is 25.2 Å². The van der Waals surface area contributed by atoms with E-state index in [9.17, 15) is 0 Å². The maximum atomic E-state index is 5.87.